The molecule has 7 heteroatoms. The first-order valence-electron chi connectivity index (χ1n) is 10.6. The molecule has 2 aromatic carbocycles. The predicted octanol–water partition coefficient (Wildman–Crippen LogP) is 3.48. The summed E-state index contributed by atoms with van der Waals surface area (Å²) in [4.78, 5) is 32.9. The van der Waals surface area contributed by atoms with Crippen LogP contribution in [-0.2, 0) is 4.79 Å². The Morgan fingerprint density at radius 2 is 1.84 bits per heavy atom. The molecule has 2 aliphatic rings. The number of H-pyrrole nitrogens is 1. The number of aromatic nitrogens is 1. The van der Waals surface area contributed by atoms with E-state index in [1.807, 2.05) is 53.6 Å². The van der Waals surface area contributed by atoms with Crippen molar-refractivity contribution in [2.75, 3.05) is 43.5 Å². The number of para-hydroxylation sites is 2. The van der Waals surface area contributed by atoms with E-state index in [0.29, 0.717) is 24.2 Å². The molecule has 2 amide bonds. The van der Waals surface area contributed by atoms with E-state index in [-0.39, 0.29) is 11.8 Å². The Labute approximate surface area is 186 Å². The van der Waals surface area contributed by atoms with Crippen LogP contribution >= 0.6 is 0 Å². The highest BCUT2D eigenvalue weighted by Crippen LogP contribution is 2.34. The number of carbonyl (C=O) groups is 2. The highest BCUT2D eigenvalue weighted by atomic mass is 16.5. The van der Waals surface area contributed by atoms with E-state index in [1.54, 1.807) is 25.3 Å². The van der Waals surface area contributed by atoms with Crippen molar-refractivity contribution < 1.29 is 14.3 Å². The normalized spacial score (nSPS) is 16.8. The zero-order valence-electron chi connectivity index (χ0n) is 17.8. The number of anilines is 2. The molecule has 2 aliphatic heterocycles. The SMILES string of the molecule is COc1ccccc1N1CCN(C(=O)c2ccc3c(c2)/C(=C/c2ccc[nH]2)C(=O)N3)CC1. The van der Waals surface area contributed by atoms with Crippen molar-refractivity contribution in [1.29, 1.82) is 0 Å². The summed E-state index contributed by atoms with van der Waals surface area (Å²) in [6.45, 7) is 2.71. The Kier molecular flexibility index (Phi) is 5.15. The fourth-order valence-corrected chi connectivity index (χ4v) is 4.28. The lowest BCUT2D eigenvalue weighted by atomic mass is 10.0. The number of aromatic amines is 1. The number of methoxy groups -OCH3 is 1. The molecule has 5 rings (SSSR count). The van der Waals surface area contributed by atoms with Crippen LogP contribution in [0.2, 0.25) is 0 Å². The second kappa shape index (κ2) is 8.26. The van der Waals surface area contributed by atoms with Gasteiger partial charge in [0.2, 0.25) is 0 Å². The molecule has 0 atom stereocenters. The maximum absolute atomic E-state index is 13.2. The van der Waals surface area contributed by atoms with Crippen LogP contribution in [0.4, 0.5) is 11.4 Å². The minimum absolute atomic E-state index is 0.0222. The van der Waals surface area contributed by atoms with E-state index in [0.717, 1.165) is 41.5 Å². The number of benzene rings is 2. The Morgan fingerprint density at radius 1 is 1.03 bits per heavy atom. The highest BCUT2D eigenvalue weighted by molar-refractivity contribution is 6.35. The van der Waals surface area contributed by atoms with Gasteiger partial charge in [0.15, 0.2) is 0 Å². The molecule has 7 nitrogen and oxygen atoms in total. The molecule has 0 aliphatic carbocycles. The molecule has 0 unspecified atom stereocenters. The number of nitrogens with one attached hydrogen (secondary N) is 2. The third kappa shape index (κ3) is 3.62. The maximum atomic E-state index is 13.2. The fourth-order valence-electron chi connectivity index (χ4n) is 4.28. The van der Waals surface area contributed by atoms with Gasteiger partial charge in [-0.1, -0.05) is 12.1 Å². The van der Waals surface area contributed by atoms with Crippen LogP contribution in [0.5, 0.6) is 5.75 Å². The number of carbonyl (C=O) groups excluding carboxylic acids is 2. The number of piperazine rings is 1. The fraction of sp³-hybridized carbons (Fsp3) is 0.200. The summed E-state index contributed by atoms with van der Waals surface area (Å²) in [7, 11) is 1.67. The van der Waals surface area contributed by atoms with Crippen molar-refractivity contribution in [2.45, 2.75) is 0 Å². The van der Waals surface area contributed by atoms with Gasteiger partial charge < -0.3 is 24.8 Å². The molecule has 162 valence electrons. The number of hydrogen-bond acceptors (Lipinski definition) is 4. The zero-order chi connectivity index (χ0) is 22.1. The van der Waals surface area contributed by atoms with Crippen LogP contribution in [0.3, 0.4) is 0 Å². The van der Waals surface area contributed by atoms with Crippen molar-refractivity contribution in [3.8, 4) is 5.75 Å². The standard InChI is InChI=1S/C25H24N4O3/c1-32-23-7-3-2-6-22(23)28-11-13-29(14-12-28)25(31)17-8-9-21-19(15-17)20(24(30)27-21)16-18-5-4-10-26-18/h2-10,15-16,26H,11-14H2,1H3,(H,27,30)/b20-16-. The lowest BCUT2D eigenvalue weighted by Gasteiger charge is -2.36. The predicted molar refractivity (Wildman–Crippen MR) is 125 cm³/mol. The van der Waals surface area contributed by atoms with Gasteiger partial charge in [-0.05, 0) is 48.5 Å². The van der Waals surface area contributed by atoms with Crippen LogP contribution in [0.15, 0.2) is 60.8 Å². The monoisotopic (exact) mass is 428 g/mol. The zero-order valence-corrected chi connectivity index (χ0v) is 17.8. The molecule has 0 spiro atoms. The molecule has 1 aromatic heterocycles. The quantitative estimate of drug-likeness (QED) is 0.624. The first kappa shape index (κ1) is 19.9. The molecular weight excluding hydrogens is 404 g/mol. The van der Waals surface area contributed by atoms with E-state index in [1.165, 1.54) is 0 Å². The molecule has 32 heavy (non-hydrogen) atoms. The Bertz CT molecular complexity index is 1190. The molecule has 0 bridgehead atoms. The summed E-state index contributed by atoms with van der Waals surface area (Å²) in [5.41, 5.74) is 4.51. The highest BCUT2D eigenvalue weighted by Gasteiger charge is 2.28. The minimum Gasteiger partial charge on any atom is -0.495 e. The van der Waals surface area contributed by atoms with Gasteiger partial charge in [0.25, 0.3) is 11.8 Å². The van der Waals surface area contributed by atoms with Crippen LogP contribution < -0.4 is 15.0 Å². The minimum atomic E-state index is -0.162. The van der Waals surface area contributed by atoms with Gasteiger partial charge in [-0.2, -0.15) is 0 Å². The second-order valence-electron chi connectivity index (χ2n) is 7.85. The molecule has 0 radical (unpaired) electrons. The average Bonchev–Trinajstić information content (AvgIpc) is 3.46. The van der Waals surface area contributed by atoms with Crippen molar-refractivity contribution in [3.63, 3.8) is 0 Å². The smallest absolute Gasteiger partial charge is 0.256 e. The van der Waals surface area contributed by atoms with Crippen LogP contribution in [-0.4, -0.2) is 55.0 Å². The summed E-state index contributed by atoms with van der Waals surface area (Å²) in [5.74, 6) is 0.653. The van der Waals surface area contributed by atoms with Gasteiger partial charge >= 0.3 is 0 Å². The van der Waals surface area contributed by atoms with E-state index in [2.05, 4.69) is 15.2 Å². The topological polar surface area (TPSA) is 77.7 Å². The van der Waals surface area contributed by atoms with Crippen molar-refractivity contribution in [1.82, 2.24) is 9.88 Å². The van der Waals surface area contributed by atoms with Gasteiger partial charge in [-0.15, -0.1) is 0 Å². The van der Waals surface area contributed by atoms with Crippen molar-refractivity contribution >= 4 is 34.8 Å². The largest absolute Gasteiger partial charge is 0.495 e. The third-order valence-corrected chi connectivity index (χ3v) is 5.96. The van der Waals surface area contributed by atoms with E-state index >= 15 is 0 Å². The van der Waals surface area contributed by atoms with Gasteiger partial charge in [-0.3, -0.25) is 9.59 Å². The lowest BCUT2D eigenvalue weighted by molar-refractivity contribution is -0.110. The Balaban J connectivity index is 1.33. The first-order chi connectivity index (χ1) is 15.6. The van der Waals surface area contributed by atoms with E-state index < -0.39 is 0 Å². The molecule has 1 fully saturated rings. The molecular formula is C25H24N4O3. The summed E-state index contributed by atoms with van der Waals surface area (Å²) < 4.78 is 5.48. The molecule has 3 aromatic rings. The van der Waals surface area contributed by atoms with E-state index in [9.17, 15) is 9.59 Å². The number of amides is 2. The average molecular weight is 428 g/mol. The van der Waals surface area contributed by atoms with Crippen LogP contribution in [0.25, 0.3) is 11.6 Å². The van der Waals surface area contributed by atoms with Gasteiger partial charge in [-0.25, -0.2) is 0 Å². The molecule has 1 saturated heterocycles. The number of nitrogens with zero attached hydrogens (tertiary/aromatic N) is 2. The summed E-state index contributed by atoms with van der Waals surface area (Å²) >= 11 is 0. The second-order valence-corrected chi connectivity index (χ2v) is 7.85. The van der Waals surface area contributed by atoms with Crippen LogP contribution in [0.1, 0.15) is 21.6 Å². The lowest BCUT2D eigenvalue weighted by Crippen LogP contribution is -2.48. The van der Waals surface area contributed by atoms with Crippen molar-refractivity contribution in [3.05, 3.63) is 77.6 Å². The summed E-state index contributed by atoms with van der Waals surface area (Å²) in [6.07, 6.45) is 3.62. The Hall–Kier alpha value is -4.00. The van der Waals surface area contributed by atoms with Gasteiger partial charge in [0.05, 0.1) is 18.4 Å². The van der Waals surface area contributed by atoms with Crippen LogP contribution in [0, 0.1) is 0 Å². The molecule has 0 saturated carbocycles. The van der Waals surface area contributed by atoms with Crippen molar-refractivity contribution in [2.24, 2.45) is 0 Å². The van der Waals surface area contributed by atoms with Gasteiger partial charge in [0, 0.05) is 54.9 Å². The Morgan fingerprint density at radius 3 is 2.59 bits per heavy atom. The number of fused-ring (bicyclic) bond motifs is 1. The van der Waals surface area contributed by atoms with Gasteiger partial charge in [0.1, 0.15) is 5.75 Å². The van der Waals surface area contributed by atoms with E-state index in [4.69, 9.17) is 4.74 Å². The number of rotatable bonds is 4. The molecule has 2 N–H and O–H groups in total. The third-order valence-electron chi connectivity index (χ3n) is 5.96. The first-order valence-corrected chi connectivity index (χ1v) is 10.6. The molecule has 3 heterocycles. The number of ether oxygens (including phenoxy) is 1. The summed E-state index contributed by atoms with van der Waals surface area (Å²) in [5, 5.41) is 2.88. The number of hydrogen-bond donors (Lipinski definition) is 2. The maximum Gasteiger partial charge on any atom is 0.256 e. The summed E-state index contributed by atoms with van der Waals surface area (Å²) in [6, 6.07) is 17.1.